The van der Waals surface area contributed by atoms with Crippen LogP contribution in [0.5, 0.6) is 11.5 Å². The van der Waals surface area contributed by atoms with Gasteiger partial charge in [-0.05, 0) is 31.4 Å². The predicted molar refractivity (Wildman–Crippen MR) is 109 cm³/mol. The molecular formula is C20H26N4O5S. The van der Waals surface area contributed by atoms with Gasteiger partial charge >= 0.3 is 0 Å². The van der Waals surface area contributed by atoms with Gasteiger partial charge in [0.1, 0.15) is 0 Å². The van der Waals surface area contributed by atoms with Crippen molar-refractivity contribution >= 4 is 15.9 Å². The van der Waals surface area contributed by atoms with E-state index in [0.717, 1.165) is 41.2 Å². The number of aromatic nitrogens is 2. The summed E-state index contributed by atoms with van der Waals surface area (Å²) in [6.07, 6.45) is 5.19. The van der Waals surface area contributed by atoms with Crippen molar-refractivity contribution < 1.29 is 22.7 Å². The molecule has 0 fully saturated rings. The fourth-order valence-corrected chi connectivity index (χ4v) is 5.01. The van der Waals surface area contributed by atoms with Gasteiger partial charge in [0.05, 0.1) is 36.9 Å². The fourth-order valence-electron chi connectivity index (χ4n) is 3.87. The first-order valence-corrected chi connectivity index (χ1v) is 11.5. The van der Waals surface area contributed by atoms with E-state index >= 15 is 0 Å². The molecule has 2 aromatic rings. The molecule has 162 valence electrons. The van der Waals surface area contributed by atoms with Gasteiger partial charge in [0.2, 0.25) is 15.9 Å². The summed E-state index contributed by atoms with van der Waals surface area (Å²) in [4.78, 5) is 12.7. The maximum atomic E-state index is 13.0. The number of carbonyl (C=O) groups excluding carboxylic acids is 1. The van der Waals surface area contributed by atoms with Crippen LogP contribution in [-0.2, 0) is 28.3 Å². The summed E-state index contributed by atoms with van der Waals surface area (Å²) in [6, 6.07) is 4.37. The summed E-state index contributed by atoms with van der Waals surface area (Å²) in [6.45, 7) is 0.717. The maximum absolute atomic E-state index is 13.0. The molecule has 1 amide bonds. The van der Waals surface area contributed by atoms with Crippen molar-refractivity contribution in [1.82, 2.24) is 19.4 Å². The van der Waals surface area contributed by atoms with Crippen LogP contribution in [0.4, 0.5) is 0 Å². The molecular weight excluding hydrogens is 408 g/mol. The third-order valence-electron chi connectivity index (χ3n) is 5.50. The van der Waals surface area contributed by atoms with Crippen molar-refractivity contribution in [2.24, 2.45) is 7.05 Å². The average molecular weight is 435 g/mol. The third-order valence-corrected chi connectivity index (χ3v) is 7.30. The zero-order valence-corrected chi connectivity index (χ0v) is 17.9. The third kappa shape index (κ3) is 4.01. The van der Waals surface area contributed by atoms with E-state index in [4.69, 9.17) is 9.47 Å². The summed E-state index contributed by atoms with van der Waals surface area (Å²) in [5.74, 6) is 0.575. The van der Waals surface area contributed by atoms with Crippen LogP contribution in [0.2, 0.25) is 0 Å². The van der Waals surface area contributed by atoms with Gasteiger partial charge in [0.25, 0.3) is 0 Å². The molecule has 30 heavy (non-hydrogen) atoms. The van der Waals surface area contributed by atoms with Gasteiger partial charge < -0.3 is 14.8 Å². The molecule has 10 heteroatoms. The van der Waals surface area contributed by atoms with Crippen molar-refractivity contribution in [1.29, 1.82) is 0 Å². The largest absolute Gasteiger partial charge is 0.490 e. The van der Waals surface area contributed by atoms with Crippen molar-refractivity contribution in [2.45, 2.75) is 36.6 Å². The molecule has 0 saturated carbocycles. The number of fused-ring (bicyclic) bond motifs is 2. The van der Waals surface area contributed by atoms with Crippen molar-refractivity contribution in [3.63, 3.8) is 0 Å². The Kier molecular flexibility index (Phi) is 5.70. The number of aryl methyl sites for hydroxylation is 1. The zero-order valence-electron chi connectivity index (χ0n) is 17.1. The molecule has 1 aromatic heterocycles. The molecule has 1 aliphatic heterocycles. The van der Waals surface area contributed by atoms with E-state index in [-0.39, 0.29) is 23.4 Å². The number of nitrogens with one attached hydrogen (secondary N) is 1. The van der Waals surface area contributed by atoms with Crippen LogP contribution in [0.25, 0.3) is 0 Å². The van der Waals surface area contributed by atoms with E-state index in [2.05, 4.69) is 10.4 Å². The maximum Gasteiger partial charge on any atom is 0.243 e. The molecule has 0 radical (unpaired) electrons. The highest BCUT2D eigenvalue weighted by molar-refractivity contribution is 7.89. The first kappa shape index (κ1) is 20.7. The number of benzene rings is 1. The van der Waals surface area contributed by atoms with Gasteiger partial charge in [-0.1, -0.05) is 0 Å². The van der Waals surface area contributed by atoms with Gasteiger partial charge in [-0.3, -0.25) is 9.48 Å². The van der Waals surface area contributed by atoms with Crippen LogP contribution in [0.1, 0.15) is 36.6 Å². The second kappa shape index (κ2) is 8.27. The normalized spacial score (nSPS) is 18.6. The van der Waals surface area contributed by atoms with Crippen LogP contribution < -0.4 is 14.8 Å². The van der Waals surface area contributed by atoms with Crippen molar-refractivity contribution in [3.05, 3.63) is 35.7 Å². The molecule has 0 saturated heterocycles. The Morgan fingerprint density at radius 2 is 2.03 bits per heavy atom. The monoisotopic (exact) mass is 434 g/mol. The first-order chi connectivity index (χ1) is 14.4. The predicted octanol–water partition coefficient (Wildman–Crippen LogP) is 1.40. The lowest BCUT2D eigenvalue weighted by atomic mass is 9.93. The molecule has 1 aliphatic carbocycles. The summed E-state index contributed by atoms with van der Waals surface area (Å²) in [5, 5.41) is 7.23. The molecule has 2 aliphatic rings. The molecule has 0 spiro atoms. The molecule has 2 heterocycles. The Balaban J connectivity index is 1.45. The first-order valence-electron chi connectivity index (χ1n) is 10.0. The van der Waals surface area contributed by atoms with Crippen LogP contribution in [0, 0.1) is 0 Å². The summed E-state index contributed by atoms with van der Waals surface area (Å²) in [7, 11) is -0.571. The number of sulfonamides is 1. The Morgan fingerprint density at radius 1 is 1.27 bits per heavy atom. The highest BCUT2D eigenvalue weighted by atomic mass is 32.2. The van der Waals surface area contributed by atoms with Gasteiger partial charge in [0.15, 0.2) is 11.5 Å². The Labute approximate surface area is 176 Å². The molecule has 9 nitrogen and oxygen atoms in total. The minimum absolute atomic E-state index is 0.0641. The fraction of sp³-hybridized carbons (Fsp3) is 0.500. The van der Waals surface area contributed by atoms with Crippen molar-refractivity contribution in [3.8, 4) is 11.5 Å². The molecule has 0 unspecified atom stereocenters. The van der Waals surface area contributed by atoms with Gasteiger partial charge in [0, 0.05) is 37.8 Å². The Bertz CT molecular complexity index is 1050. The van der Waals surface area contributed by atoms with Crippen LogP contribution >= 0.6 is 0 Å². The number of hydrogen-bond donors (Lipinski definition) is 1. The summed E-state index contributed by atoms with van der Waals surface area (Å²) >= 11 is 0. The molecule has 4 rings (SSSR count). The molecule has 1 aromatic carbocycles. The average Bonchev–Trinajstić information content (AvgIpc) is 2.95. The minimum Gasteiger partial charge on any atom is -0.490 e. The SMILES string of the molecule is CN(CC(=O)N[C@@H]1CCCc2c1cnn2C)S(=O)(=O)c1ccc2c(c1)OCCCO2. The Morgan fingerprint density at radius 3 is 2.83 bits per heavy atom. The number of hydrogen-bond acceptors (Lipinski definition) is 6. The van der Waals surface area contributed by atoms with Crippen LogP contribution in [0.3, 0.4) is 0 Å². The van der Waals surface area contributed by atoms with Crippen LogP contribution in [0.15, 0.2) is 29.3 Å². The highest BCUT2D eigenvalue weighted by Gasteiger charge is 2.28. The van der Waals surface area contributed by atoms with Crippen LogP contribution in [-0.4, -0.2) is 55.2 Å². The number of amides is 1. The second-order valence-electron chi connectivity index (χ2n) is 7.60. The standard InChI is InChI=1S/C20H26N4O5S/c1-23(13-20(25)22-16-5-3-6-17-15(16)12-21-24(17)2)30(26,27)14-7-8-18-19(11-14)29-10-4-9-28-18/h7-8,11-12,16H,3-6,9-10,13H2,1-2H3,(H,22,25)/t16-/m1/s1. The molecule has 1 atom stereocenters. The second-order valence-corrected chi connectivity index (χ2v) is 9.65. The van der Waals surface area contributed by atoms with E-state index in [0.29, 0.717) is 24.7 Å². The number of rotatable bonds is 5. The minimum atomic E-state index is -3.86. The number of likely N-dealkylation sites (N-methyl/N-ethyl adjacent to an activating group) is 1. The van der Waals surface area contributed by atoms with Gasteiger partial charge in [-0.15, -0.1) is 0 Å². The quantitative estimate of drug-likeness (QED) is 0.763. The summed E-state index contributed by atoms with van der Waals surface area (Å²) < 4.78 is 40.0. The van der Waals surface area contributed by atoms with Gasteiger partial charge in [-0.2, -0.15) is 9.40 Å². The summed E-state index contributed by atoms with van der Waals surface area (Å²) in [5.41, 5.74) is 2.12. The Hall–Kier alpha value is -2.59. The number of ether oxygens (including phenoxy) is 2. The topological polar surface area (TPSA) is 103 Å². The molecule has 0 bridgehead atoms. The molecule has 1 N–H and O–H groups in total. The van der Waals surface area contributed by atoms with E-state index in [9.17, 15) is 13.2 Å². The van der Waals surface area contributed by atoms with Crippen molar-refractivity contribution in [2.75, 3.05) is 26.8 Å². The van der Waals surface area contributed by atoms with Gasteiger partial charge in [-0.25, -0.2) is 8.42 Å². The number of carbonyl (C=O) groups is 1. The van der Waals surface area contributed by atoms with E-state index in [1.54, 1.807) is 12.3 Å². The lowest BCUT2D eigenvalue weighted by Gasteiger charge is -2.25. The number of nitrogens with zero attached hydrogens (tertiary/aromatic N) is 3. The lowest BCUT2D eigenvalue weighted by Crippen LogP contribution is -2.40. The van der Waals surface area contributed by atoms with E-state index < -0.39 is 10.0 Å². The van der Waals surface area contributed by atoms with E-state index in [1.165, 1.54) is 19.2 Å². The van der Waals surface area contributed by atoms with E-state index in [1.807, 2.05) is 11.7 Å². The zero-order chi connectivity index (χ0) is 21.3. The highest BCUT2D eigenvalue weighted by Crippen LogP contribution is 2.33. The smallest absolute Gasteiger partial charge is 0.243 e. The lowest BCUT2D eigenvalue weighted by molar-refractivity contribution is -0.122.